The summed E-state index contributed by atoms with van der Waals surface area (Å²) in [6, 6.07) is 17.5. The quantitative estimate of drug-likeness (QED) is 0.249. The largest absolute Gasteiger partial charge is 3.00 e. The van der Waals surface area contributed by atoms with Gasteiger partial charge in [0.2, 0.25) is 0 Å². The Balaban J connectivity index is 0.000000625. The summed E-state index contributed by atoms with van der Waals surface area (Å²) < 4.78 is 9.89. The third-order valence-corrected chi connectivity index (χ3v) is 8.61. The van der Waals surface area contributed by atoms with Gasteiger partial charge in [0, 0.05) is 26.4 Å². The average Bonchev–Trinajstić information content (AvgIpc) is 3.82. The molecule has 0 amide bonds. The molecule has 0 aliphatic carbocycles. The summed E-state index contributed by atoms with van der Waals surface area (Å²) in [5, 5.41) is 35.6. The van der Waals surface area contributed by atoms with Crippen molar-refractivity contribution in [3.05, 3.63) is 88.0 Å². The minimum atomic E-state index is 0. The van der Waals surface area contributed by atoms with Crippen LogP contribution in [0.3, 0.4) is 0 Å². The zero-order valence-electron chi connectivity index (χ0n) is 33.4. The zero-order valence-corrected chi connectivity index (χ0v) is 36.3. The van der Waals surface area contributed by atoms with Crippen molar-refractivity contribution in [3.63, 3.8) is 0 Å². The molecule has 5 nitrogen and oxygen atoms in total. The second-order valence-electron chi connectivity index (χ2n) is 14.9. The van der Waals surface area contributed by atoms with Crippen LogP contribution in [-0.2, 0) is 42.2 Å². The van der Waals surface area contributed by atoms with Crippen LogP contribution in [0.25, 0.3) is 0 Å². The maximum absolute atomic E-state index is 11.9. The van der Waals surface area contributed by atoms with E-state index in [1.807, 2.05) is 54.6 Å². The van der Waals surface area contributed by atoms with E-state index >= 15 is 0 Å². The van der Waals surface area contributed by atoms with Gasteiger partial charge in [0.15, 0.2) is 0 Å². The standard InChI is InChI=1S/3C12H18O.2C4H8O.Y/c3*1-8(2)10-6-5-7-11(9(3)4)12(10)13;2*1-2-4-5-3-1;/h3*5-9,13H,1-4H3;2*1-4H2;/q;;;;;+3/p-3. The van der Waals surface area contributed by atoms with Gasteiger partial charge in [-0.2, -0.15) is 0 Å². The summed E-state index contributed by atoms with van der Waals surface area (Å²) in [6.45, 7) is 28.7. The van der Waals surface area contributed by atoms with E-state index < -0.39 is 0 Å². The molecule has 0 aromatic heterocycles. The first kappa shape index (κ1) is 48.1. The Morgan fingerprint density at radius 2 is 0.520 bits per heavy atom. The minimum absolute atomic E-state index is 0. The van der Waals surface area contributed by atoms with Crippen molar-refractivity contribution in [1.82, 2.24) is 0 Å². The fourth-order valence-electron chi connectivity index (χ4n) is 5.47. The van der Waals surface area contributed by atoms with Gasteiger partial charge in [-0.05, 0) is 61.2 Å². The Morgan fingerprint density at radius 3 is 0.620 bits per heavy atom. The molecule has 3 aromatic rings. The van der Waals surface area contributed by atoms with Gasteiger partial charge in [0.1, 0.15) is 0 Å². The molecule has 5 rings (SSSR count). The molecule has 2 aliphatic rings. The summed E-state index contributed by atoms with van der Waals surface area (Å²) in [4.78, 5) is 0. The Bertz CT molecular complexity index is 1070. The molecule has 2 fully saturated rings. The van der Waals surface area contributed by atoms with Crippen molar-refractivity contribution in [2.24, 2.45) is 0 Å². The van der Waals surface area contributed by atoms with Crippen LogP contribution < -0.4 is 15.3 Å². The molecule has 50 heavy (non-hydrogen) atoms. The minimum Gasteiger partial charge on any atom is -0.872 e. The van der Waals surface area contributed by atoms with E-state index in [1.54, 1.807) is 0 Å². The van der Waals surface area contributed by atoms with E-state index in [-0.39, 0.29) is 50.0 Å². The first-order valence-corrected chi connectivity index (χ1v) is 18.7. The number of para-hydroxylation sites is 3. The molecule has 2 aliphatic heterocycles. The molecule has 276 valence electrons. The Hall–Kier alpha value is -1.92. The first-order chi connectivity index (χ1) is 23.1. The maximum Gasteiger partial charge on any atom is 3.00 e. The van der Waals surface area contributed by atoms with Crippen LogP contribution in [0.5, 0.6) is 17.2 Å². The Labute approximate surface area is 331 Å². The van der Waals surface area contributed by atoms with Crippen LogP contribution >= 0.6 is 0 Å². The molecule has 0 spiro atoms. The van der Waals surface area contributed by atoms with Crippen molar-refractivity contribution >= 4 is 0 Å². The molecule has 0 bridgehead atoms. The van der Waals surface area contributed by atoms with Crippen LogP contribution in [0.1, 0.15) is 178 Å². The maximum atomic E-state index is 11.9. The van der Waals surface area contributed by atoms with Gasteiger partial charge in [-0.3, -0.25) is 0 Å². The third kappa shape index (κ3) is 17.1. The van der Waals surface area contributed by atoms with E-state index in [0.29, 0.717) is 35.5 Å². The third-order valence-electron chi connectivity index (χ3n) is 8.61. The van der Waals surface area contributed by atoms with Crippen LogP contribution in [0.4, 0.5) is 0 Å². The van der Waals surface area contributed by atoms with Gasteiger partial charge >= 0.3 is 32.7 Å². The fourth-order valence-corrected chi connectivity index (χ4v) is 5.47. The van der Waals surface area contributed by atoms with Gasteiger partial charge in [0.25, 0.3) is 0 Å². The van der Waals surface area contributed by atoms with E-state index in [9.17, 15) is 15.3 Å². The molecule has 0 radical (unpaired) electrons. The summed E-state index contributed by atoms with van der Waals surface area (Å²) >= 11 is 0. The molecule has 0 atom stereocenters. The van der Waals surface area contributed by atoms with Crippen LogP contribution in [-0.4, -0.2) is 26.4 Å². The van der Waals surface area contributed by atoms with Crippen molar-refractivity contribution in [3.8, 4) is 17.2 Å². The monoisotopic (exact) mass is 764 g/mol. The molecule has 2 heterocycles. The Morgan fingerprint density at radius 1 is 0.360 bits per heavy atom. The second kappa shape index (κ2) is 25.9. The van der Waals surface area contributed by atoms with Crippen molar-refractivity contribution in [2.75, 3.05) is 26.4 Å². The summed E-state index contributed by atoms with van der Waals surface area (Å²) in [7, 11) is 0. The van der Waals surface area contributed by atoms with E-state index in [2.05, 4.69) is 83.1 Å². The molecule has 0 N–H and O–H groups in total. The number of hydrogen-bond donors (Lipinski definition) is 0. The molecular weight excluding hydrogens is 697 g/mol. The van der Waals surface area contributed by atoms with Gasteiger partial charge in [-0.25, -0.2) is 0 Å². The van der Waals surface area contributed by atoms with Crippen LogP contribution in [0.15, 0.2) is 54.6 Å². The van der Waals surface area contributed by atoms with E-state index in [4.69, 9.17) is 9.47 Å². The molecule has 0 saturated carbocycles. The van der Waals surface area contributed by atoms with Gasteiger partial charge in [0.05, 0.1) is 0 Å². The number of rotatable bonds is 6. The van der Waals surface area contributed by atoms with Crippen molar-refractivity contribution < 1.29 is 57.5 Å². The average molecular weight is 765 g/mol. The number of hydrogen-bond acceptors (Lipinski definition) is 5. The molecule has 3 aromatic carbocycles. The zero-order chi connectivity index (χ0) is 37.1. The van der Waals surface area contributed by atoms with Crippen molar-refractivity contribution in [1.29, 1.82) is 0 Å². The Kier molecular flexibility index (Phi) is 24.9. The number of benzene rings is 3. The van der Waals surface area contributed by atoms with E-state index in [0.717, 1.165) is 59.8 Å². The predicted octanol–water partition coefficient (Wildman–Crippen LogP) is 10.6. The summed E-state index contributed by atoms with van der Waals surface area (Å²) in [5.74, 6) is 2.64. The normalized spacial score (nSPS) is 13.6. The number of ether oxygens (including phenoxy) is 2. The van der Waals surface area contributed by atoms with E-state index in [1.165, 1.54) is 25.7 Å². The summed E-state index contributed by atoms with van der Waals surface area (Å²) in [5.41, 5.74) is 5.62. The molecule has 6 heteroatoms. The summed E-state index contributed by atoms with van der Waals surface area (Å²) in [6.07, 6.45) is 5.11. The molecule has 2 saturated heterocycles. The first-order valence-electron chi connectivity index (χ1n) is 18.7. The van der Waals surface area contributed by atoms with Crippen molar-refractivity contribution in [2.45, 2.75) is 144 Å². The smallest absolute Gasteiger partial charge is 0.872 e. The van der Waals surface area contributed by atoms with Gasteiger partial charge in [-0.1, -0.05) is 171 Å². The molecule has 0 unspecified atom stereocenters. The van der Waals surface area contributed by atoms with Crippen LogP contribution in [0, 0.1) is 0 Å². The molecular formula is C44H67O5Y. The topological polar surface area (TPSA) is 87.6 Å². The fraction of sp³-hybridized carbons (Fsp3) is 0.591. The SMILES string of the molecule is C1CCOC1.C1CCOC1.CC(C)c1cccc(C(C)C)c1[O-].CC(C)c1cccc(C(C)C)c1[O-].CC(C)c1cccc(C(C)C)c1[O-].[Y+3]. The predicted molar refractivity (Wildman–Crippen MR) is 202 cm³/mol. The second-order valence-corrected chi connectivity index (χ2v) is 14.9. The van der Waals surface area contributed by atoms with Gasteiger partial charge in [-0.15, -0.1) is 17.2 Å². The van der Waals surface area contributed by atoms with Crippen LogP contribution in [0.2, 0.25) is 0 Å². The van der Waals surface area contributed by atoms with Gasteiger partial charge < -0.3 is 24.8 Å².